The summed E-state index contributed by atoms with van der Waals surface area (Å²) >= 11 is 0. The summed E-state index contributed by atoms with van der Waals surface area (Å²) in [5.74, 6) is 0. The molecule has 1 aliphatic heterocycles. The molecule has 2 N–H and O–H groups in total. The van der Waals surface area contributed by atoms with Crippen LogP contribution in [0.5, 0.6) is 0 Å². The van der Waals surface area contributed by atoms with Gasteiger partial charge in [-0.2, -0.15) is 0 Å². The van der Waals surface area contributed by atoms with Gasteiger partial charge in [0.25, 0.3) is 0 Å². The molecule has 4 rings (SSSR count). The van der Waals surface area contributed by atoms with E-state index in [4.69, 9.17) is 0 Å². The van der Waals surface area contributed by atoms with Crippen LogP contribution in [0.2, 0.25) is 0 Å². The fraction of sp³-hybridized carbons (Fsp3) is 0.286. The first-order chi connectivity index (χ1) is 16.3. The summed E-state index contributed by atoms with van der Waals surface area (Å²) in [7, 11) is 0. The van der Waals surface area contributed by atoms with Crippen molar-refractivity contribution < 1.29 is 9.59 Å². The molecule has 3 aromatic rings. The van der Waals surface area contributed by atoms with E-state index in [1.807, 2.05) is 61.2 Å². The predicted octanol–water partition coefficient (Wildman–Crippen LogP) is 6.40. The van der Waals surface area contributed by atoms with Crippen LogP contribution in [-0.4, -0.2) is 30.1 Å². The van der Waals surface area contributed by atoms with E-state index in [0.717, 1.165) is 23.1 Å². The summed E-state index contributed by atoms with van der Waals surface area (Å²) < 4.78 is 0. The summed E-state index contributed by atoms with van der Waals surface area (Å²) in [4.78, 5) is 29.8. The average molecular weight is 457 g/mol. The molecule has 1 saturated heterocycles. The Kier molecular flexibility index (Phi) is 6.87. The smallest absolute Gasteiger partial charge is 0.320 e. The highest BCUT2D eigenvalue weighted by Crippen LogP contribution is 2.30. The molecule has 0 bridgehead atoms. The fourth-order valence-corrected chi connectivity index (χ4v) is 4.18. The van der Waals surface area contributed by atoms with E-state index in [1.165, 1.54) is 11.1 Å². The van der Waals surface area contributed by atoms with Crippen LogP contribution in [0.15, 0.2) is 60.7 Å². The number of hydrogen-bond donors (Lipinski definition) is 2. The molecule has 0 unspecified atom stereocenters. The van der Waals surface area contributed by atoms with E-state index in [9.17, 15) is 9.59 Å². The van der Waals surface area contributed by atoms with Gasteiger partial charge in [0.2, 0.25) is 0 Å². The second-order valence-corrected chi connectivity index (χ2v) is 9.09. The Balaban J connectivity index is 1.52. The topological polar surface area (TPSA) is 64.7 Å². The van der Waals surface area contributed by atoms with Gasteiger partial charge in [0.05, 0.1) is 11.4 Å². The molecule has 0 spiro atoms. The molecule has 3 aromatic carbocycles. The van der Waals surface area contributed by atoms with Gasteiger partial charge in [-0.05, 0) is 80.6 Å². The molecular formula is C28H32N4O2. The third-order valence-corrected chi connectivity index (χ3v) is 6.26. The van der Waals surface area contributed by atoms with Crippen LogP contribution in [-0.2, 0) is 6.54 Å². The standard InChI is InChI=1S/C28H32N4O2/c1-19-6-11-24(12-7-19)29-27(33)30-25-16-20(2)8-13-26(25)32-15-5-14-31(28(32)34)18-23-10-9-21(3)22(4)17-23/h6-13,16-17H,5,14-15,18H2,1-4H3,(H2,29,30,33). The minimum Gasteiger partial charge on any atom is -0.320 e. The maximum atomic E-state index is 13.5. The Bertz CT molecular complexity index is 1200. The van der Waals surface area contributed by atoms with E-state index < -0.39 is 0 Å². The fourth-order valence-electron chi connectivity index (χ4n) is 4.18. The molecule has 1 heterocycles. The Morgan fingerprint density at radius 1 is 0.824 bits per heavy atom. The highest BCUT2D eigenvalue weighted by Gasteiger charge is 2.28. The van der Waals surface area contributed by atoms with Gasteiger partial charge in [-0.15, -0.1) is 0 Å². The van der Waals surface area contributed by atoms with Crippen LogP contribution in [0.1, 0.15) is 34.2 Å². The average Bonchev–Trinajstić information content (AvgIpc) is 2.80. The number of aryl methyl sites for hydroxylation is 4. The molecule has 0 atom stereocenters. The van der Waals surface area contributed by atoms with Crippen LogP contribution < -0.4 is 15.5 Å². The maximum Gasteiger partial charge on any atom is 0.324 e. The number of amides is 4. The summed E-state index contributed by atoms with van der Waals surface area (Å²) in [6, 6.07) is 19.4. The van der Waals surface area contributed by atoms with Gasteiger partial charge >= 0.3 is 12.1 Å². The van der Waals surface area contributed by atoms with Crippen LogP contribution >= 0.6 is 0 Å². The van der Waals surface area contributed by atoms with Gasteiger partial charge < -0.3 is 15.5 Å². The van der Waals surface area contributed by atoms with E-state index in [0.29, 0.717) is 36.7 Å². The lowest BCUT2D eigenvalue weighted by Gasteiger charge is -2.36. The van der Waals surface area contributed by atoms with E-state index in [2.05, 4.69) is 42.7 Å². The third kappa shape index (κ3) is 5.39. The molecule has 6 nitrogen and oxygen atoms in total. The SMILES string of the molecule is Cc1ccc(NC(=O)Nc2cc(C)ccc2N2CCCN(Cc3ccc(C)c(C)c3)C2=O)cc1. The molecule has 0 radical (unpaired) electrons. The highest BCUT2D eigenvalue weighted by atomic mass is 16.2. The Hall–Kier alpha value is -3.80. The Morgan fingerprint density at radius 2 is 1.56 bits per heavy atom. The van der Waals surface area contributed by atoms with Crippen molar-refractivity contribution in [2.75, 3.05) is 28.6 Å². The molecule has 1 aliphatic rings. The molecule has 4 amide bonds. The zero-order valence-electron chi connectivity index (χ0n) is 20.3. The number of anilines is 3. The third-order valence-electron chi connectivity index (χ3n) is 6.26. The Labute approximate surface area is 201 Å². The van der Waals surface area contributed by atoms with Crippen molar-refractivity contribution in [3.05, 3.63) is 88.5 Å². The number of nitrogens with one attached hydrogen (secondary N) is 2. The van der Waals surface area contributed by atoms with Crippen molar-refractivity contribution in [3.63, 3.8) is 0 Å². The van der Waals surface area contributed by atoms with Crippen molar-refractivity contribution >= 4 is 29.1 Å². The lowest BCUT2D eigenvalue weighted by Crippen LogP contribution is -2.49. The van der Waals surface area contributed by atoms with Crippen molar-refractivity contribution in [1.82, 2.24) is 4.90 Å². The molecule has 1 fully saturated rings. The van der Waals surface area contributed by atoms with Crippen LogP contribution in [0.3, 0.4) is 0 Å². The lowest BCUT2D eigenvalue weighted by atomic mass is 10.1. The highest BCUT2D eigenvalue weighted by molar-refractivity contribution is 6.04. The molecule has 176 valence electrons. The second-order valence-electron chi connectivity index (χ2n) is 9.09. The van der Waals surface area contributed by atoms with Crippen LogP contribution in [0.4, 0.5) is 26.7 Å². The van der Waals surface area contributed by atoms with Gasteiger partial charge in [-0.25, -0.2) is 9.59 Å². The first-order valence-corrected chi connectivity index (χ1v) is 11.7. The minimum atomic E-state index is -0.341. The van der Waals surface area contributed by atoms with Gasteiger partial charge in [-0.1, -0.05) is 42.0 Å². The summed E-state index contributed by atoms with van der Waals surface area (Å²) in [6.45, 7) is 10.0. The lowest BCUT2D eigenvalue weighted by molar-refractivity contribution is 0.192. The van der Waals surface area contributed by atoms with Crippen molar-refractivity contribution in [1.29, 1.82) is 0 Å². The number of benzene rings is 3. The minimum absolute atomic E-state index is 0.0460. The van der Waals surface area contributed by atoms with Gasteiger partial charge in [0.15, 0.2) is 0 Å². The maximum absolute atomic E-state index is 13.5. The first-order valence-electron chi connectivity index (χ1n) is 11.7. The largest absolute Gasteiger partial charge is 0.324 e. The zero-order chi connectivity index (χ0) is 24.2. The van der Waals surface area contributed by atoms with E-state index >= 15 is 0 Å². The second kappa shape index (κ2) is 10.00. The molecule has 34 heavy (non-hydrogen) atoms. The molecule has 0 saturated carbocycles. The molecule has 6 heteroatoms. The quantitative estimate of drug-likeness (QED) is 0.467. The van der Waals surface area contributed by atoms with Crippen molar-refractivity contribution in [3.8, 4) is 0 Å². The number of nitrogens with zero attached hydrogens (tertiary/aromatic N) is 2. The van der Waals surface area contributed by atoms with Crippen molar-refractivity contribution in [2.24, 2.45) is 0 Å². The van der Waals surface area contributed by atoms with Gasteiger partial charge in [-0.3, -0.25) is 4.90 Å². The number of urea groups is 2. The number of hydrogen-bond acceptors (Lipinski definition) is 2. The van der Waals surface area contributed by atoms with E-state index in [-0.39, 0.29) is 12.1 Å². The summed E-state index contributed by atoms with van der Waals surface area (Å²) in [6.07, 6.45) is 0.861. The van der Waals surface area contributed by atoms with E-state index in [1.54, 1.807) is 4.90 Å². The monoisotopic (exact) mass is 456 g/mol. The predicted molar refractivity (Wildman–Crippen MR) is 139 cm³/mol. The Morgan fingerprint density at radius 3 is 2.29 bits per heavy atom. The number of carbonyl (C=O) groups is 2. The van der Waals surface area contributed by atoms with Crippen LogP contribution in [0, 0.1) is 27.7 Å². The normalized spacial score (nSPS) is 13.7. The summed E-state index contributed by atoms with van der Waals surface area (Å²) in [5, 5.41) is 5.81. The van der Waals surface area contributed by atoms with Crippen molar-refractivity contribution in [2.45, 2.75) is 40.7 Å². The zero-order valence-corrected chi connectivity index (χ0v) is 20.3. The number of carbonyl (C=O) groups excluding carboxylic acids is 2. The summed E-state index contributed by atoms with van der Waals surface area (Å²) in [5.41, 5.74) is 7.76. The molecular weight excluding hydrogens is 424 g/mol. The van der Waals surface area contributed by atoms with Crippen LogP contribution in [0.25, 0.3) is 0 Å². The van der Waals surface area contributed by atoms with Gasteiger partial charge in [0.1, 0.15) is 0 Å². The first kappa shape index (κ1) is 23.4. The van der Waals surface area contributed by atoms with Gasteiger partial charge in [0, 0.05) is 25.3 Å². The molecule has 0 aromatic heterocycles. The molecule has 0 aliphatic carbocycles. The number of rotatable bonds is 5.